The molecular formula is C25H31N3O3. The van der Waals surface area contributed by atoms with Crippen molar-refractivity contribution in [3.8, 4) is 11.5 Å². The molecule has 0 unspecified atom stereocenters. The molecule has 0 aliphatic rings. The van der Waals surface area contributed by atoms with Crippen LogP contribution in [0.1, 0.15) is 32.0 Å². The van der Waals surface area contributed by atoms with Gasteiger partial charge in [-0.05, 0) is 56.5 Å². The maximum atomic E-state index is 11.6. The molecule has 1 amide bonds. The number of carbonyl (C=O) groups excluding carboxylic acids is 1. The van der Waals surface area contributed by atoms with Gasteiger partial charge in [-0.25, -0.2) is 4.98 Å². The van der Waals surface area contributed by atoms with Crippen LogP contribution in [0.4, 0.5) is 0 Å². The number of nitrogens with zero attached hydrogens (tertiary/aromatic N) is 2. The van der Waals surface area contributed by atoms with Gasteiger partial charge in [0.2, 0.25) is 5.91 Å². The number of benzene rings is 2. The van der Waals surface area contributed by atoms with Gasteiger partial charge in [-0.15, -0.1) is 0 Å². The van der Waals surface area contributed by atoms with Crippen molar-refractivity contribution in [3.05, 3.63) is 66.5 Å². The van der Waals surface area contributed by atoms with E-state index in [4.69, 9.17) is 14.5 Å². The largest absolute Gasteiger partial charge is 0.493 e. The summed E-state index contributed by atoms with van der Waals surface area (Å²) >= 11 is 0. The van der Waals surface area contributed by atoms with Crippen molar-refractivity contribution in [3.63, 3.8) is 0 Å². The summed E-state index contributed by atoms with van der Waals surface area (Å²) in [4.78, 5) is 16.4. The quantitative estimate of drug-likeness (QED) is 0.345. The molecule has 0 saturated heterocycles. The summed E-state index contributed by atoms with van der Waals surface area (Å²) in [6.07, 6.45) is 6.88. The van der Waals surface area contributed by atoms with Crippen LogP contribution in [-0.2, 0) is 17.8 Å². The minimum absolute atomic E-state index is 0.0500. The van der Waals surface area contributed by atoms with Crippen LogP contribution in [0.25, 0.3) is 11.0 Å². The Hall–Kier alpha value is -3.28. The zero-order valence-electron chi connectivity index (χ0n) is 18.3. The average molecular weight is 422 g/mol. The first kappa shape index (κ1) is 22.4. The number of methoxy groups -OCH3 is 1. The lowest BCUT2D eigenvalue weighted by Crippen LogP contribution is -2.22. The third-order valence-corrected chi connectivity index (χ3v) is 5.03. The Kier molecular flexibility index (Phi) is 8.52. The molecule has 6 nitrogen and oxygen atoms in total. The van der Waals surface area contributed by atoms with Gasteiger partial charge >= 0.3 is 0 Å². The number of para-hydroxylation sites is 4. The van der Waals surface area contributed by atoms with Gasteiger partial charge in [0, 0.05) is 19.5 Å². The van der Waals surface area contributed by atoms with Gasteiger partial charge in [0.05, 0.1) is 24.8 Å². The molecule has 0 saturated carbocycles. The number of hydrogen-bond donors (Lipinski definition) is 1. The van der Waals surface area contributed by atoms with E-state index >= 15 is 0 Å². The van der Waals surface area contributed by atoms with E-state index in [0.29, 0.717) is 13.2 Å². The molecule has 0 atom stereocenters. The second kappa shape index (κ2) is 11.8. The first-order valence-corrected chi connectivity index (χ1v) is 10.8. The van der Waals surface area contributed by atoms with Crippen molar-refractivity contribution in [2.75, 3.05) is 20.3 Å². The summed E-state index contributed by atoms with van der Waals surface area (Å²) in [5.74, 6) is 2.55. The lowest BCUT2D eigenvalue weighted by atomic mass is 10.2. The minimum Gasteiger partial charge on any atom is -0.493 e. The van der Waals surface area contributed by atoms with Crippen molar-refractivity contribution in [2.45, 2.75) is 39.2 Å². The molecule has 1 heterocycles. The third kappa shape index (κ3) is 6.35. The van der Waals surface area contributed by atoms with E-state index in [9.17, 15) is 4.79 Å². The highest BCUT2D eigenvalue weighted by atomic mass is 16.5. The van der Waals surface area contributed by atoms with Crippen LogP contribution in [0.3, 0.4) is 0 Å². The van der Waals surface area contributed by atoms with Crippen molar-refractivity contribution in [1.82, 2.24) is 14.9 Å². The Morgan fingerprint density at radius 2 is 1.84 bits per heavy atom. The van der Waals surface area contributed by atoms with Crippen LogP contribution in [0.15, 0.2) is 60.7 Å². The number of aromatic nitrogens is 2. The Labute approximate surface area is 183 Å². The molecule has 0 aliphatic carbocycles. The SMILES string of the molecule is C/C=C\C(=O)NCCCc1nc2ccccc2n1CCCCOc1ccccc1OC. The number of ether oxygens (including phenoxy) is 2. The number of aryl methyl sites for hydroxylation is 2. The standard InChI is InChI=1S/C25H31N3O3/c1-3-11-25(29)26-17-10-16-24-27-20-12-4-5-13-21(20)28(24)18-8-9-19-31-23-15-7-6-14-22(23)30-2/h3-7,11-15H,8-10,16-19H2,1-2H3,(H,26,29)/b11-3-. The first-order valence-electron chi connectivity index (χ1n) is 10.8. The second-order valence-corrected chi connectivity index (χ2v) is 7.27. The van der Waals surface area contributed by atoms with E-state index in [1.54, 1.807) is 19.3 Å². The lowest BCUT2D eigenvalue weighted by molar-refractivity contribution is -0.116. The lowest BCUT2D eigenvalue weighted by Gasteiger charge is -2.12. The van der Waals surface area contributed by atoms with E-state index in [-0.39, 0.29) is 5.91 Å². The normalized spacial score (nSPS) is 11.2. The number of nitrogens with one attached hydrogen (secondary N) is 1. The van der Waals surface area contributed by atoms with E-state index in [0.717, 1.165) is 60.6 Å². The molecule has 164 valence electrons. The van der Waals surface area contributed by atoms with Crippen molar-refractivity contribution < 1.29 is 14.3 Å². The number of imidazole rings is 1. The Bertz CT molecular complexity index is 1010. The zero-order valence-corrected chi connectivity index (χ0v) is 18.3. The first-order chi connectivity index (χ1) is 15.2. The maximum Gasteiger partial charge on any atom is 0.243 e. The minimum atomic E-state index is -0.0500. The Morgan fingerprint density at radius 3 is 2.65 bits per heavy atom. The molecule has 0 aliphatic heterocycles. The molecule has 0 fully saturated rings. The van der Waals surface area contributed by atoms with Crippen molar-refractivity contribution in [2.24, 2.45) is 0 Å². The van der Waals surface area contributed by atoms with Crippen LogP contribution in [0, 0.1) is 0 Å². The highest BCUT2D eigenvalue weighted by Crippen LogP contribution is 2.26. The van der Waals surface area contributed by atoms with Gasteiger partial charge in [0.25, 0.3) is 0 Å². The molecule has 0 bridgehead atoms. The fraction of sp³-hybridized carbons (Fsp3) is 0.360. The van der Waals surface area contributed by atoms with Gasteiger partial charge < -0.3 is 19.4 Å². The molecule has 3 rings (SSSR count). The summed E-state index contributed by atoms with van der Waals surface area (Å²) in [5.41, 5.74) is 2.17. The van der Waals surface area contributed by atoms with Crippen LogP contribution < -0.4 is 14.8 Å². The van der Waals surface area contributed by atoms with Crippen molar-refractivity contribution >= 4 is 16.9 Å². The fourth-order valence-corrected chi connectivity index (χ4v) is 3.53. The van der Waals surface area contributed by atoms with Gasteiger partial charge in [-0.3, -0.25) is 4.79 Å². The predicted octanol–water partition coefficient (Wildman–Crippen LogP) is 4.53. The number of fused-ring (bicyclic) bond motifs is 1. The fourth-order valence-electron chi connectivity index (χ4n) is 3.53. The van der Waals surface area contributed by atoms with E-state index < -0.39 is 0 Å². The second-order valence-electron chi connectivity index (χ2n) is 7.27. The molecular weight excluding hydrogens is 390 g/mol. The Balaban J connectivity index is 1.54. The summed E-state index contributed by atoms with van der Waals surface area (Å²) in [6.45, 7) is 4.00. The van der Waals surface area contributed by atoms with Crippen molar-refractivity contribution in [1.29, 1.82) is 0 Å². The number of carbonyl (C=O) groups is 1. The number of hydrogen-bond acceptors (Lipinski definition) is 4. The number of allylic oxidation sites excluding steroid dienone is 1. The highest BCUT2D eigenvalue weighted by molar-refractivity contribution is 5.87. The molecule has 31 heavy (non-hydrogen) atoms. The van der Waals surface area contributed by atoms with Gasteiger partial charge in [0.1, 0.15) is 5.82 Å². The maximum absolute atomic E-state index is 11.6. The molecule has 3 aromatic rings. The van der Waals surface area contributed by atoms with E-state index in [1.165, 1.54) is 0 Å². The number of unbranched alkanes of at least 4 members (excludes halogenated alkanes) is 1. The molecule has 1 aromatic heterocycles. The molecule has 6 heteroatoms. The van der Waals surface area contributed by atoms with E-state index in [2.05, 4.69) is 16.0 Å². The monoisotopic (exact) mass is 421 g/mol. The van der Waals surface area contributed by atoms with Gasteiger partial charge in [0.15, 0.2) is 11.5 Å². The van der Waals surface area contributed by atoms with Crippen LogP contribution >= 0.6 is 0 Å². The molecule has 2 aromatic carbocycles. The molecule has 0 spiro atoms. The number of amides is 1. The summed E-state index contributed by atoms with van der Waals surface area (Å²) in [7, 11) is 1.65. The third-order valence-electron chi connectivity index (χ3n) is 5.03. The van der Waals surface area contributed by atoms with Gasteiger partial charge in [-0.2, -0.15) is 0 Å². The average Bonchev–Trinajstić information content (AvgIpc) is 3.14. The zero-order chi connectivity index (χ0) is 21.9. The molecule has 1 N–H and O–H groups in total. The van der Waals surface area contributed by atoms with Crippen LogP contribution in [0.5, 0.6) is 11.5 Å². The number of rotatable bonds is 12. The smallest absolute Gasteiger partial charge is 0.243 e. The summed E-state index contributed by atoms with van der Waals surface area (Å²) < 4.78 is 13.5. The van der Waals surface area contributed by atoms with E-state index in [1.807, 2.05) is 49.4 Å². The summed E-state index contributed by atoms with van der Waals surface area (Å²) in [6, 6.07) is 15.9. The van der Waals surface area contributed by atoms with Gasteiger partial charge in [-0.1, -0.05) is 30.3 Å². The summed E-state index contributed by atoms with van der Waals surface area (Å²) in [5, 5.41) is 2.90. The van der Waals surface area contributed by atoms with Crippen LogP contribution in [-0.4, -0.2) is 35.7 Å². The molecule has 0 radical (unpaired) electrons. The predicted molar refractivity (Wildman–Crippen MR) is 124 cm³/mol. The Morgan fingerprint density at radius 1 is 1.06 bits per heavy atom. The topological polar surface area (TPSA) is 65.4 Å². The van der Waals surface area contributed by atoms with Crippen LogP contribution in [0.2, 0.25) is 0 Å². The highest BCUT2D eigenvalue weighted by Gasteiger charge is 2.10.